The molecule has 0 saturated carbocycles. The van der Waals surface area contributed by atoms with Crippen molar-refractivity contribution in [3.63, 3.8) is 0 Å². The van der Waals surface area contributed by atoms with E-state index < -0.39 is 34.2 Å². The van der Waals surface area contributed by atoms with Crippen LogP contribution in [-0.4, -0.2) is 27.1 Å². The summed E-state index contributed by atoms with van der Waals surface area (Å²) in [4.78, 5) is 12.3. The van der Waals surface area contributed by atoms with Gasteiger partial charge in [0.1, 0.15) is 6.54 Å². The molecule has 0 aromatic heterocycles. The zero-order valence-electron chi connectivity index (χ0n) is 14.7. The zero-order valence-corrected chi connectivity index (χ0v) is 15.6. The lowest BCUT2D eigenvalue weighted by Gasteiger charge is -2.22. The summed E-state index contributed by atoms with van der Waals surface area (Å²) in [5.41, 5.74) is 0.516. The maximum atomic E-state index is 12.7. The molecule has 0 saturated heterocycles. The minimum absolute atomic E-state index is 0.0237. The van der Waals surface area contributed by atoms with E-state index in [-0.39, 0.29) is 5.69 Å². The second-order valence-electron chi connectivity index (χ2n) is 5.87. The van der Waals surface area contributed by atoms with Crippen LogP contribution in [0.1, 0.15) is 18.1 Å². The van der Waals surface area contributed by atoms with Crippen molar-refractivity contribution in [2.24, 2.45) is 0 Å². The van der Waals surface area contributed by atoms with E-state index >= 15 is 0 Å². The lowest BCUT2D eigenvalue weighted by molar-refractivity contribution is -0.137. The van der Waals surface area contributed by atoms with Crippen molar-refractivity contribution in [2.45, 2.75) is 19.5 Å². The number of carbonyl (C=O) groups excluding carboxylic acids is 1. The number of nitrogens with zero attached hydrogens (tertiary/aromatic N) is 1. The average molecular weight is 400 g/mol. The molecule has 1 N–H and O–H groups in total. The van der Waals surface area contributed by atoms with Crippen molar-refractivity contribution in [3.05, 3.63) is 59.7 Å². The molecule has 0 spiro atoms. The Morgan fingerprint density at radius 3 is 2.19 bits per heavy atom. The van der Waals surface area contributed by atoms with Gasteiger partial charge in [0.15, 0.2) is 0 Å². The van der Waals surface area contributed by atoms with Crippen LogP contribution in [-0.2, 0) is 27.4 Å². The fraction of sp³-hybridized carbons (Fsp3) is 0.278. The number of sulfonamides is 1. The standard InChI is InChI=1S/C18H19F3N2O3S/c1-3-13-6-4-5-7-16(13)22-17(24)12-23(27(2,25)26)15-10-8-14(9-11-15)18(19,20)21/h4-11H,3,12H2,1-2H3,(H,22,24). The number of benzene rings is 2. The number of para-hydroxylation sites is 1. The van der Waals surface area contributed by atoms with Gasteiger partial charge in [-0.2, -0.15) is 13.2 Å². The van der Waals surface area contributed by atoms with E-state index in [1.807, 2.05) is 19.1 Å². The molecule has 0 aliphatic rings. The molecule has 2 aromatic rings. The normalized spacial score (nSPS) is 11.9. The van der Waals surface area contributed by atoms with Gasteiger partial charge in [0, 0.05) is 5.69 Å². The van der Waals surface area contributed by atoms with Crippen molar-refractivity contribution in [1.82, 2.24) is 0 Å². The summed E-state index contributed by atoms with van der Waals surface area (Å²) in [6.07, 6.45) is -2.97. The first-order chi connectivity index (χ1) is 12.5. The molecule has 1 amide bonds. The number of hydrogen-bond acceptors (Lipinski definition) is 3. The van der Waals surface area contributed by atoms with Crippen LogP contribution < -0.4 is 9.62 Å². The third-order valence-corrected chi connectivity index (χ3v) is 4.98. The Hall–Kier alpha value is -2.55. The summed E-state index contributed by atoms with van der Waals surface area (Å²) < 4.78 is 62.9. The Bertz CT molecular complexity index is 910. The molecule has 0 unspecified atom stereocenters. The number of amides is 1. The molecule has 0 aliphatic heterocycles. The number of alkyl halides is 3. The molecule has 146 valence electrons. The molecule has 0 fully saturated rings. The van der Waals surface area contributed by atoms with Crippen molar-refractivity contribution >= 4 is 27.3 Å². The number of anilines is 2. The minimum Gasteiger partial charge on any atom is -0.324 e. The van der Waals surface area contributed by atoms with Gasteiger partial charge < -0.3 is 5.32 Å². The van der Waals surface area contributed by atoms with Gasteiger partial charge in [0.25, 0.3) is 0 Å². The SMILES string of the molecule is CCc1ccccc1NC(=O)CN(c1ccc(C(F)(F)F)cc1)S(C)(=O)=O. The number of rotatable bonds is 6. The van der Waals surface area contributed by atoms with E-state index in [1.54, 1.807) is 12.1 Å². The van der Waals surface area contributed by atoms with Crippen molar-refractivity contribution < 1.29 is 26.4 Å². The summed E-state index contributed by atoms with van der Waals surface area (Å²) in [5, 5.41) is 2.64. The molecule has 0 radical (unpaired) electrons. The van der Waals surface area contributed by atoms with E-state index in [0.29, 0.717) is 12.1 Å². The molecule has 0 bridgehead atoms. The molecule has 2 rings (SSSR count). The highest BCUT2D eigenvalue weighted by molar-refractivity contribution is 7.92. The lowest BCUT2D eigenvalue weighted by atomic mass is 10.1. The van der Waals surface area contributed by atoms with E-state index in [2.05, 4.69) is 5.32 Å². The van der Waals surface area contributed by atoms with Gasteiger partial charge in [-0.3, -0.25) is 9.10 Å². The summed E-state index contributed by atoms with van der Waals surface area (Å²) in [5.74, 6) is -0.596. The van der Waals surface area contributed by atoms with Gasteiger partial charge in [-0.25, -0.2) is 8.42 Å². The summed E-state index contributed by atoms with van der Waals surface area (Å²) in [7, 11) is -3.88. The highest BCUT2D eigenvalue weighted by Crippen LogP contribution is 2.31. The molecule has 0 aliphatic carbocycles. The largest absolute Gasteiger partial charge is 0.416 e. The number of hydrogen-bond donors (Lipinski definition) is 1. The first-order valence-corrected chi connectivity index (χ1v) is 9.90. The Kier molecular flexibility index (Phi) is 6.15. The van der Waals surface area contributed by atoms with Gasteiger partial charge in [-0.05, 0) is 42.3 Å². The first-order valence-electron chi connectivity index (χ1n) is 8.05. The minimum atomic E-state index is -4.53. The molecular weight excluding hydrogens is 381 g/mol. The van der Waals surface area contributed by atoms with Gasteiger partial charge in [0.05, 0.1) is 17.5 Å². The zero-order chi connectivity index (χ0) is 20.2. The fourth-order valence-corrected chi connectivity index (χ4v) is 3.34. The summed E-state index contributed by atoms with van der Waals surface area (Å²) >= 11 is 0. The smallest absolute Gasteiger partial charge is 0.324 e. The van der Waals surface area contributed by atoms with Gasteiger partial charge in [0.2, 0.25) is 15.9 Å². The van der Waals surface area contributed by atoms with Crippen molar-refractivity contribution in [2.75, 3.05) is 22.4 Å². The molecule has 0 atom stereocenters. The number of aryl methyl sites for hydroxylation is 1. The monoisotopic (exact) mass is 400 g/mol. The Morgan fingerprint density at radius 2 is 1.67 bits per heavy atom. The van der Waals surface area contributed by atoms with Crippen LogP contribution in [0.4, 0.5) is 24.5 Å². The highest BCUT2D eigenvalue weighted by Gasteiger charge is 2.30. The predicted octanol–water partition coefficient (Wildman–Crippen LogP) is 3.67. The molecule has 9 heteroatoms. The second kappa shape index (κ2) is 7.99. The topological polar surface area (TPSA) is 66.5 Å². The highest BCUT2D eigenvalue weighted by atomic mass is 32.2. The van der Waals surface area contributed by atoms with E-state index in [0.717, 1.165) is 40.4 Å². The molecular formula is C18H19F3N2O3S. The Morgan fingerprint density at radius 1 is 1.07 bits per heavy atom. The van der Waals surface area contributed by atoms with Crippen LogP contribution in [0.25, 0.3) is 0 Å². The molecule has 5 nitrogen and oxygen atoms in total. The van der Waals surface area contributed by atoms with E-state index in [9.17, 15) is 26.4 Å². The van der Waals surface area contributed by atoms with Crippen molar-refractivity contribution in [1.29, 1.82) is 0 Å². The van der Waals surface area contributed by atoms with Gasteiger partial charge in [-0.1, -0.05) is 25.1 Å². The molecule has 0 heterocycles. The number of nitrogens with one attached hydrogen (secondary N) is 1. The Balaban J connectivity index is 2.24. The van der Waals surface area contributed by atoms with Crippen LogP contribution in [0.2, 0.25) is 0 Å². The maximum Gasteiger partial charge on any atom is 0.416 e. The van der Waals surface area contributed by atoms with Crippen LogP contribution in [0.5, 0.6) is 0 Å². The number of halogens is 3. The second-order valence-corrected chi connectivity index (χ2v) is 7.78. The molecule has 2 aromatic carbocycles. The van der Waals surface area contributed by atoms with Gasteiger partial charge >= 0.3 is 6.18 Å². The van der Waals surface area contributed by atoms with E-state index in [1.165, 1.54) is 0 Å². The van der Waals surface area contributed by atoms with Crippen molar-refractivity contribution in [3.8, 4) is 0 Å². The quantitative estimate of drug-likeness (QED) is 0.805. The van der Waals surface area contributed by atoms with Crippen LogP contribution >= 0.6 is 0 Å². The number of carbonyl (C=O) groups is 1. The summed E-state index contributed by atoms with van der Waals surface area (Å²) in [6.45, 7) is 1.36. The van der Waals surface area contributed by atoms with Crippen LogP contribution in [0.15, 0.2) is 48.5 Å². The summed E-state index contributed by atoms with van der Waals surface area (Å²) in [6, 6.07) is 10.7. The molecule has 27 heavy (non-hydrogen) atoms. The van der Waals surface area contributed by atoms with E-state index in [4.69, 9.17) is 0 Å². The maximum absolute atomic E-state index is 12.7. The third kappa shape index (κ3) is 5.46. The predicted molar refractivity (Wildman–Crippen MR) is 98.1 cm³/mol. The average Bonchev–Trinajstić information content (AvgIpc) is 2.58. The first kappa shape index (κ1) is 20.8. The van der Waals surface area contributed by atoms with Crippen LogP contribution in [0.3, 0.4) is 0 Å². The lowest BCUT2D eigenvalue weighted by Crippen LogP contribution is -2.37. The fourth-order valence-electron chi connectivity index (χ4n) is 2.49. The van der Waals surface area contributed by atoms with Gasteiger partial charge in [-0.15, -0.1) is 0 Å². The third-order valence-electron chi connectivity index (χ3n) is 3.84. The van der Waals surface area contributed by atoms with Crippen LogP contribution in [0, 0.1) is 0 Å². The Labute approximate surface area is 155 Å².